The average molecular weight is 435 g/mol. The number of carbonyl (C=O) groups excluding carboxylic acids is 2. The number of anilines is 1. The smallest absolute Gasteiger partial charge is 0.320 e. The third kappa shape index (κ3) is 4.99. The second kappa shape index (κ2) is 9.83. The fraction of sp³-hybridized carbons (Fsp3) is 0.292. The lowest BCUT2D eigenvalue weighted by Gasteiger charge is -2.12. The van der Waals surface area contributed by atoms with Gasteiger partial charge in [-0.1, -0.05) is 30.3 Å². The SMILES string of the molecule is CSCCNC(=O)Nc1cc(-c2[nH]c3c(c2Cc2ccccc2)C(=O)CCC3)ccn1. The van der Waals surface area contributed by atoms with Crippen LogP contribution in [-0.4, -0.2) is 40.3 Å². The Bertz CT molecular complexity index is 1080. The van der Waals surface area contributed by atoms with Gasteiger partial charge < -0.3 is 10.3 Å². The lowest BCUT2D eigenvalue weighted by molar-refractivity contribution is 0.0971. The first kappa shape index (κ1) is 21.2. The Labute approximate surface area is 186 Å². The number of nitrogens with zero attached hydrogens (tertiary/aromatic N) is 1. The van der Waals surface area contributed by atoms with Crippen molar-refractivity contribution in [2.75, 3.05) is 23.9 Å². The number of amides is 2. The molecular weight excluding hydrogens is 408 g/mol. The Balaban J connectivity index is 1.66. The molecule has 0 atom stereocenters. The summed E-state index contributed by atoms with van der Waals surface area (Å²) in [7, 11) is 0. The Morgan fingerprint density at radius 1 is 1.19 bits per heavy atom. The summed E-state index contributed by atoms with van der Waals surface area (Å²) in [5, 5.41) is 5.62. The summed E-state index contributed by atoms with van der Waals surface area (Å²) in [6.07, 6.45) is 6.69. The molecule has 2 amide bonds. The zero-order chi connectivity index (χ0) is 21.6. The molecule has 0 fully saturated rings. The molecule has 0 bridgehead atoms. The van der Waals surface area contributed by atoms with Crippen molar-refractivity contribution in [3.8, 4) is 11.3 Å². The van der Waals surface area contributed by atoms with Crippen LogP contribution in [-0.2, 0) is 12.8 Å². The predicted octanol–water partition coefficient (Wildman–Crippen LogP) is 4.67. The standard InChI is InChI=1S/C24H26N4O2S/c1-31-13-12-26-24(30)28-21-15-17(10-11-25-21)23-18(14-16-6-3-2-4-7-16)22-19(27-23)8-5-9-20(22)29/h2-4,6-7,10-11,15,27H,5,8-9,12-14H2,1H3,(H2,25,26,28,30). The van der Waals surface area contributed by atoms with E-state index in [9.17, 15) is 9.59 Å². The molecule has 6 nitrogen and oxygen atoms in total. The number of Topliss-reactive ketones (excluding diaryl/α,β-unsaturated/α-hetero) is 1. The number of hydrogen-bond donors (Lipinski definition) is 3. The molecule has 160 valence electrons. The van der Waals surface area contributed by atoms with E-state index in [2.05, 4.69) is 32.7 Å². The monoisotopic (exact) mass is 434 g/mol. The molecule has 1 aromatic carbocycles. The largest absolute Gasteiger partial charge is 0.358 e. The first-order valence-electron chi connectivity index (χ1n) is 10.5. The second-order valence-corrected chi connectivity index (χ2v) is 8.56. The van der Waals surface area contributed by atoms with Crippen LogP contribution in [0, 0.1) is 0 Å². The maximum atomic E-state index is 12.8. The molecule has 2 heterocycles. The number of rotatable bonds is 7. The topological polar surface area (TPSA) is 86.9 Å². The van der Waals surface area contributed by atoms with Gasteiger partial charge in [-0.3, -0.25) is 10.1 Å². The number of benzene rings is 1. The fourth-order valence-electron chi connectivity index (χ4n) is 3.98. The number of thioether (sulfide) groups is 1. The molecule has 7 heteroatoms. The van der Waals surface area contributed by atoms with Gasteiger partial charge in [-0.25, -0.2) is 9.78 Å². The van der Waals surface area contributed by atoms with E-state index in [1.165, 1.54) is 0 Å². The minimum absolute atomic E-state index is 0.204. The number of hydrogen-bond acceptors (Lipinski definition) is 4. The van der Waals surface area contributed by atoms with Gasteiger partial charge in [-0.05, 0) is 42.4 Å². The molecule has 3 N–H and O–H groups in total. The lowest BCUT2D eigenvalue weighted by atomic mass is 9.90. The third-order valence-corrected chi connectivity index (χ3v) is 6.01. The highest BCUT2D eigenvalue weighted by atomic mass is 32.2. The average Bonchev–Trinajstić information content (AvgIpc) is 3.14. The Kier molecular flexibility index (Phi) is 6.72. The lowest BCUT2D eigenvalue weighted by Crippen LogP contribution is -2.30. The van der Waals surface area contributed by atoms with Crippen LogP contribution in [0.25, 0.3) is 11.3 Å². The molecule has 0 aliphatic heterocycles. The Hall–Kier alpha value is -3.06. The van der Waals surface area contributed by atoms with Crippen LogP contribution in [0.5, 0.6) is 0 Å². The van der Waals surface area contributed by atoms with Gasteiger partial charge in [0.1, 0.15) is 5.82 Å². The molecule has 1 aliphatic carbocycles. The first-order chi connectivity index (χ1) is 15.2. The third-order valence-electron chi connectivity index (χ3n) is 5.40. The predicted molar refractivity (Wildman–Crippen MR) is 126 cm³/mol. The molecule has 0 unspecified atom stereocenters. The summed E-state index contributed by atoms with van der Waals surface area (Å²) in [5.41, 5.74) is 5.86. The van der Waals surface area contributed by atoms with Crippen molar-refractivity contribution in [2.24, 2.45) is 0 Å². The number of carbonyl (C=O) groups is 2. The first-order valence-corrected chi connectivity index (χ1v) is 11.9. The minimum atomic E-state index is -0.274. The fourth-order valence-corrected chi connectivity index (χ4v) is 4.28. The van der Waals surface area contributed by atoms with E-state index in [0.717, 1.165) is 52.2 Å². The summed E-state index contributed by atoms with van der Waals surface area (Å²) in [6.45, 7) is 0.597. The number of fused-ring (bicyclic) bond motifs is 1. The van der Waals surface area contributed by atoms with Crippen LogP contribution < -0.4 is 10.6 Å². The van der Waals surface area contributed by atoms with Crippen LogP contribution in [0.4, 0.5) is 10.6 Å². The summed E-state index contributed by atoms with van der Waals surface area (Å²) >= 11 is 1.68. The molecule has 4 rings (SSSR count). The maximum absolute atomic E-state index is 12.8. The van der Waals surface area contributed by atoms with E-state index in [-0.39, 0.29) is 11.8 Å². The highest BCUT2D eigenvalue weighted by molar-refractivity contribution is 7.98. The Morgan fingerprint density at radius 2 is 2.03 bits per heavy atom. The zero-order valence-corrected chi connectivity index (χ0v) is 18.3. The summed E-state index contributed by atoms with van der Waals surface area (Å²) in [5.74, 6) is 1.53. The summed E-state index contributed by atoms with van der Waals surface area (Å²) < 4.78 is 0. The van der Waals surface area contributed by atoms with Gasteiger partial charge in [-0.2, -0.15) is 11.8 Å². The van der Waals surface area contributed by atoms with E-state index in [4.69, 9.17) is 0 Å². The highest BCUT2D eigenvalue weighted by Gasteiger charge is 2.26. The number of ketones is 1. The molecule has 31 heavy (non-hydrogen) atoms. The molecule has 3 aromatic rings. The number of aromatic nitrogens is 2. The normalized spacial score (nSPS) is 13.0. The van der Waals surface area contributed by atoms with Crippen LogP contribution in [0.1, 0.15) is 40.0 Å². The molecule has 0 spiro atoms. The molecule has 1 aliphatic rings. The quantitative estimate of drug-likeness (QED) is 0.472. The van der Waals surface area contributed by atoms with E-state index in [1.807, 2.05) is 36.6 Å². The number of aryl methyl sites for hydroxylation is 1. The second-order valence-electron chi connectivity index (χ2n) is 7.57. The van der Waals surface area contributed by atoms with Crippen LogP contribution in [0.2, 0.25) is 0 Å². The van der Waals surface area contributed by atoms with E-state index >= 15 is 0 Å². The number of urea groups is 1. The van der Waals surface area contributed by atoms with Gasteiger partial charge in [-0.15, -0.1) is 0 Å². The minimum Gasteiger partial charge on any atom is -0.358 e. The van der Waals surface area contributed by atoms with Crippen molar-refractivity contribution in [1.29, 1.82) is 0 Å². The van der Waals surface area contributed by atoms with Crippen molar-refractivity contribution < 1.29 is 9.59 Å². The van der Waals surface area contributed by atoms with E-state index in [1.54, 1.807) is 18.0 Å². The highest BCUT2D eigenvalue weighted by Crippen LogP contribution is 2.35. The van der Waals surface area contributed by atoms with Crippen molar-refractivity contribution in [1.82, 2.24) is 15.3 Å². The molecular formula is C24H26N4O2S. The van der Waals surface area contributed by atoms with Crippen molar-refractivity contribution in [2.45, 2.75) is 25.7 Å². The number of H-pyrrole nitrogens is 1. The summed E-state index contributed by atoms with van der Waals surface area (Å²) in [4.78, 5) is 32.7. The number of nitrogens with one attached hydrogen (secondary N) is 3. The van der Waals surface area contributed by atoms with Gasteiger partial charge in [0, 0.05) is 48.2 Å². The number of aromatic amines is 1. The van der Waals surface area contributed by atoms with Crippen molar-refractivity contribution in [3.63, 3.8) is 0 Å². The van der Waals surface area contributed by atoms with Crippen molar-refractivity contribution in [3.05, 3.63) is 71.0 Å². The van der Waals surface area contributed by atoms with Gasteiger partial charge in [0.25, 0.3) is 0 Å². The van der Waals surface area contributed by atoms with Gasteiger partial charge in [0.05, 0.1) is 5.69 Å². The van der Waals surface area contributed by atoms with Crippen molar-refractivity contribution >= 4 is 29.4 Å². The van der Waals surface area contributed by atoms with E-state index in [0.29, 0.717) is 25.2 Å². The van der Waals surface area contributed by atoms with Gasteiger partial charge >= 0.3 is 6.03 Å². The zero-order valence-electron chi connectivity index (χ0n) is 17.5. The van der Waals surface area contributed by atoms with E-state index < -0.39 is 0 Å². The number of pyridine rings is 1. The molecule has 0 saturated carbocycles. The van der Waals surface area contributed by atoms with Gasteiger partial charge in [0.15, 0.2) is 5.78 Å². The Morgan fingerprint density at radius 3 is 2.84 bits per heavy atom. The van der Waals surface area contributed by atoms with Crippen LogP contribution in [0.3, 0.4) is 0 Å². The molecule has 0 radical (unpaired) electrons. The van der Waals surface area contributed by atoms with Crippen LogP contribution in [0.15, 0.2) is 48.7 Å². The maximum Gasteiger partial charge on any atom is 0.320 e. The molecule has 0 saturated heterocycles. The van der Waals surface area contributed by atoms with Crippen LogP contribution >= 0.6 is 11.8 Å². The summed E-state index contributed by atoms with van der Waals surface area (Å²) in [6, 6.07) is 13.7. The molecule has 2 aromatic heterocycles. The van der Waals surface area contributed by atoms with Gasteiger partial charge in [0.2, 0.25) is 0 Å².